The van der Waals surface area contributed by atoms with Crippen LogP contribution in [-0.2, 0) is 6.42 Å². The Kier molecular flexibility index (Phi) is 6.80. The molecule has 1 aromatic carbocycles. The monoisotopic (exact) mass is 265 g/mol. The van der Waals surface area contributed by atoms with Crippen molar-refractivity contribution in [3.05, 3.63) is 34.9 Å². The molecule has 0 saturated heterocycles. The Balaban J connectivity index is 2.72. The number of hydrogen-bond acceptors (Lipinski definition) is 2. The number of benzene rings is 1. The van der Waals surface area contributed by atoms with Gasteiger partial charge in [-0.1, -0.05) is 32.0 Å². The molecule has 1 N–H and O–H groups in total. The number of likely N-dealkylation sites (N-methyl/N-ethyl adjacent to an activating group) is 1. The van der Waals surface area contributed by atoms with E-state index in [2.05, 4.69) is 57.5 Å². The average molecular weight is 265 g/mol. The minimum atomic E-state index is 0.588. The van der Waals surface area contributed by atoms with Crippen molar-refractivity contribution >= 4 is 11.8 Å². The van der Waals surface area contributed by atoms with E-state index in [1.54, 1.807) is 0 Å². The normalized spacial score (nSPS) is 14.5. The summed E-state index contributed by atoms with van der Waals surface area (Å²) in [5.74, 6) is 1.93. The standard InChI is InChI=1S/C16H27NS/c1-6-17-16(14(4)11-18-5)10-15-8-7-12(2)13(3)9-15/h7-9,14,16-17H,6,10-11H2,1-5H3. The van der Waals surface area contributed by atoms with Crippen LogP contribution in [0.15, 0.2) is 18.2 Å². The van der Waals surface area contributed by atoms with Crippen LogP contribution >= 0.6 is 11.8 Å². The fourth-order valence-electron chi connectivity index (χ4n) is 2.30. The second kappa shape index (κ2) is 7.85. The first kappa shape index (κ1) is 15.6. The molecule has 0 fully saturated rings. The van der Waals surface area contributed by atoms with Crippen molar-refractivity contribution < 1.29 is 0 Å². The summed E-state index contributed by atoms with van der Waals surface area (Å²) >= 11 is 1.94. The van der Waals surface area contributed by atoms with E-state index >= 15 is 0 Å². The van der Waals surface area contributed by atoms with E-state index < -0.39 is 0 Å². The van der Waals surface area contributed by atoms with E-state index in [1.807, 2.05) is 11.8 Å². The molecule has 1 aromatic rings. The molecule has 2 unspecified atom stereocenters. The minimum Gasteiger partial charge on any atom is -0.314 e. The predicted molar refractivity (Wildman–Crippen MR) is 84.6 cm³/mol. The van der Waals surface area contributed by atoms with Crippen LogP contribution in [-0.4, -0.2) is 24.6 Å². The number of hydrogen-bond donors (Lipinski definition) is 1. The van der Waals surface area contributed by atoms with Crippen molar-refractivity contribution in [3.8, 4) is 0 Å². The lowest BCUT2D eigenvalue weighted by Crippen LogP contribution is -2.37. The zero-order valence-electron chi connectivity index (χ0n) is 12.4. The van der Waals surface area contributed by atoms with Gasteiger partial charge >= 0.3 is 0 Å². The fraction of sp³-hybridized carbons (Fsp3) is 0.625. The first-order chi connectivity index (χ1) is 8.58. The van der Waals surface area contributed by atoms with Gasteiger partial charge in [0.2, 0.25) is 0 Å². The molecule has 102 valence electrons. The van der Waals surface area contributed by atoms with Gasteiger partial charge in [0.05, 0.1) is 0 Å². The van der Waals surface area contributed by atoms with Crippen molar-refractivity contribution in [2.45, 2.75) is 40.2 Å². The molecule has 1 rings (SSSR count). The lowest BCUT2D eigenvalue weighted by Gasteiger charge is -2.24. The van der Waals surface area contributed by atoms with Gasteiger partial charge in [0.25, 0.3) is 0 Å². The Bertz CT molecular complexity index is 362. The van der Waals surface area contributed by atoms with Gasteiger partial charge in [-0.05, 0) is 61.4 Å². The fourth-order valence-corrected chi connectivity index (χ4v) is 3.06. The second-order valence-electron chi connectivity index (χ2n) is 5.22. The molecule has 0 aliphatic carbocycles. The van der Waals surface area contributed by atoms with Gasteiger partial charge in [-0.2, -0.15) is 11.8 Å². The first-order valence-electron chi connectivity index (χ1n) is 6.87. The summed E-state index contributed by atoms with van der Waals surface area (Å²) in [5.41, 5.74) is 4.24. The molecule has 0 aliphatic rings. The van der Waals surface area contributed by atoms with Gasteiger partial charge in [-0.15, -0.1) is 0 Å². The summed E-state index contributed by atoms with van der Waals surface area (Å²) in [4.78, 5) is 0. The van der Waals surface area contributed by atoms with Gasteiger partial charge in [-0.25, -0.2) is 0 Å². The molecular formula is C16H27NS. The maximum Gasteiger partial charge on any atom is 0.0141 e. The Hall–Kier alpha value is -0.470. The zero-order chi connectivity index (χ0) is 13.5. The summed E-state index contributed by atoms with van der Waals surface area (Å²) in [5, 5.41) is 3.64. The van der Waals surface area contributed by atoms with Crippen LogP contribution in [0.2, 0.25) is 0 Å². The van der Waals surface area contributed by atoms with Crippen LogP contribution in [0.5, 0.6) is 0 Å². The molecule has 1 nitrogen and oxygen atoms in total. The van der Waals surface area contributed by atoms with Gasteiger partial charge in [0.1, 0.15) is 0 Å². The third-order valence-corrected chi connectivity index (χ3v) is 4.47. The van der Waals surface area contributed by atoms with Crippen LogP contribution < -0.4 is 5.32 Å². The van der Waals surface area contributed by atoms with Crippen LogP contribution in [0.1, 0.15) is 30.5 Å². The van der Waals surface area contributed by atoms with Crippen molar-refractivity contribution in [1.29, 1.82) is 0 Å². The van der Waals surface area contributed by atoms with E-state index in [9.17, 15) is 0 Å². The predicted octanol–water partition coefficient (Wildman–Crippen LogP) is 3.82. The highest BCUT2D eigenvalue weighted by atomic mass is 32.2. The smallest absolute Gasteiger partial charge is 0.0141 e. The van der Waals surface area contributed by atoms with E-state index in [1.165, 1.54) is 22.4 Å². The summed E-state index contributed by atoms with van der Waals surface area (Å²) in [6.07, 6.45) is 3.33. The molecule has 0 aromatic heterocycles. The lowest BCUT2D eigenvalue weighted by molar-refractivity contribution is 0.410. The van der Waals surface area contributed by atoms with Crippen LogP contribution in [0.3, 0.4) is 0 Å². The molecule has 0 saturated carbocycles. The highest BCUT2D eigenvalue weighted by Gasteiger charge is 2.16. The summed E-state index contributed by atoms with van der Waals surface area (Å²) < 4.78 is 0. The summed E-state index contributed by atoms with van der Waals surface area (Å²) in [7, 11) is 0. The van der Waals surface area contributed by atoms with Gasteiger partial charge in [0, 0.05) is 6.04 Å². The third kappa shape index (κ3) is 4.66. The molecule has 0 bridgehead atoms. The van der Waals surface area contributed by atoms with E-state index in [0.29, 0.717) is 12.0 Å². The third-order valence-electron chi connectivity index (χ3n) is 3.61. The molecular weight excluding hydrogens is 238 g/mol. The van der Waals surface area contributed by atoms with Crippen molar-refractivity contribution in [3.63, 3.8) is 0 Å². The van der Waals surface area contributed by atoms with Crippen molar-refractivity contribution in [1.82, 2.24) is 5.32 Å². The second-order valence-corrected chi connectivity index (χ2v) is 6.13. The Morgan fingerprint density at radius 2 is 1.94 bits per heavy atom. The van der Waals surface area contributed by atoms with Crippen LogP contribution in [0.4, 0.5) is 0 Å². The Labute approximate surface area is 117 Å². The SMILES string of the molecule is CCNC(Cc1ccc(C)c(C)c1)C(C)CSC. The molecule has 0 spiro atoms. The van der Waals surface area contributed by atoms with E-state index in [-0.39, 0.29) is 0 Å². The maximum atomic E-state index is 3.64. The quantitative estimate of drug-likeness (QED) is 0.804. The minimum absolute atomic E-state index is 0.588. The lowest BCUT2D eigenvalue weighted by atomic mass is 9.94. The number of thioether (sulfide) groups is 1. The Morgan fingerprint density at radius 1 is 1.22 bits per heavy atom. The van der Waals surface area contributed by atoms with Crippen molar-refractivity contribution in [2.24, 2.45) is 5.92 Å². The Morgan fingerprint density at radius 3 is 2.50 bits per heavy atom. The molecule has 2 atom stereocenters. The van der Waals surface area contributed by atoms with Crippen molar-refractivity contribution in [2.75, 3.05) is 18.6 Å². The summed E-state index contributed by atoms with van der Waals surface area (Å²) in [6.45, 7) is 9.97. The molecule has 0 heterocycles. The zero-order valence-corrected chi connectivity index (χ0v) is 13.2. The highest BCUT2D eigenvalue weighted by Crippen LogP contribution is 2.17. The molecule has 18 heavy (non-hydrogen) atoms. The van der Waals surface area contributed by atoms with E-state index in [0.717, 1.165) is 13.0 Å². The number of nitrogens with one attached hydrogen (secondary N) is 1. The van der Waals surface area contributed by atoms with E-state index in [4.69, 9.17) is 0 Å². The highest BCUT2D eigenvalue weighted by molar-refractivity contribution is 7.98. The van der Waals surface area contributed by atoms with Crippen LogP contribution in [0, 0.1) is 19.8 Å². The molecule has 0 radical (unpaired) electrons. The maximum absolute atomic E-state index is 3.64. The number of aryl methyl sites for hydroxylation is 2. The number of rotatable bonds is 7. The van der Waals surface area contributed by atoms with Gasteiger partial charge in [-0.3, -0.25) is 0 Å². The molecule has 2 heteroatoms. The molecule has 0 aliphatic heterocycles. The van der Waals surface area contributed by atoms with Crippen LogP contribution in [0.25, 0.3) is 0 Å². The van der Waals surface area contributed by atoms with Gasteiger partial charge in [0.15, 0.2) is 0 Å². The molecule has 0 amide bonds. The topological polar surface area (TPSA) is 12.0 Å². The van der Waals surface area contributed by atoms with Gasteiger partial charge < -0.3 is 5.32 Å². The largest absolute Gasteiger partial charge is 0.314 e. The average Bonchev–Trinajstić information content (AvgIpc) is 2.33. The first-order valence-corrected chi connectivity index (χ1v) is 8.26. The summed E-state index contributed by atoms with van der Waals surface area (Å²) in [6, 6.07) is 7.45.